The van der Waals surface area contributed by atoms with Crippen LogP contribution in [0.15, 0.2) is 0 Å². The van der Waals surface area contributed by atoms with Crippen molar-refractivity contribution in [2.45, 2.75) is 67.7 Å². The van der Waals surface area contributed by atoms with Crippen molar-refractivity contribution in [1.29, 1.82) is 0 Å². The van der Waals surface area contributed by atoms with Crippen molar-refractivity contribution in [2.75, 3.05) is 13.2 Å². The smallest absolute Gasteiger partial charge is 0.0468 e. The molecule has 0 aromatic heterocycles. The molecule has 16 heavy (non-hydrogen) atoms. The molecule has 0 spiro atoms. The molecule has 1 fully saturated rings. The molecule has 0 bridgehead atoms. The number of hydrogen-bond donors (Lipinski definition) is 0. The molecule has 0 amide bonds. The average molecular weight is 228 g/mol. The Bertz CT molecular complexity index is 170. The minimum absolute atomic E-state index is 0.446. The van der Waals surface area contributed by atoms with E-state index in [4.69, 9.17) is 4.74 Å². The molecule has 1 heterocycles. The predicted octanol–water partition coefficient (Wildman–Crippen LogP) is 4.90. The summed E-state index contributed by atoms with van der Waals surface area (Å²) in [6, 6.07) is 0. The Balaban J connectivity index is 0.00000106. The van der Waals surface area contributed by atoms with Crippen molar-refractivity contribution in [3.8, 4) is 0 Å². The molecule has 0 atom stereocenters. The van der Waals surface area contributed by atoms with E-state index in [1.165, 1.54) is 19.3 Å². The number of ether oxygens (including phenoxy) is 1. The fourth-order valence-corrected chi connectivity index (χ4v) is 2.99. The summed E-state index contributed by atoms with van der Waals surface area (Å²) < 4.78 is 5.42. The molecule has 0 unspecified atom stereocenters. The maximum absolute atomic E-state index is 5.42. The molecule has 1 heteroatoms. The first-order valence-corrected chi connectivity index (χ1v) is 6.89. The minimum atomic E-state index is 0.446. The topological polar surface area (TPSA) is 9.23 Å². The Kier molecular flexibility index (Phi) is 6.62. The summed E-state index contributed by atoms with van der Waals surface area (Å²) >= 11 is 0. The molecule has 0 radical (unpaired) electrons. The second-order valence-corrected chi connectivity index (χ2v) is 6.61. The Hall–Kier alpha value is -0.0400. The zero-order chi connectivity index (χ0) is 12.8. The van der Waals surface area contributed by atoms with Crippen LogP contribution in [0.3, 0.4) is 0 Å². The molecule has 0 aromatic carbocycles. The Morgan fingerprint density at radius 2 is 1.38 bits per heavy atom. The molecule has 0 N–H and O–H groups in total. The van der Waals surface area contributed by atoms with E-state index < -0.39 is 0 Å². The maximum Gasteiger partial charge on any atom is 0.0468 e. The largest absolute Gasteiger partial charge is 0.381 e. The van der Waals surface area contributed by atoms with E-state index in [0.717, 1.165) is 19.1 Å². The lowest BCUT2D eigenvalue weighted by Crippen LogP contribution is -2.33. The van der Waals surface area contributed by atoms with Gasteiger partial charge in [-0.15, -0.1) is 0 Å². The second kappa shape index (κ2) is 6.64. The first kappa shape index (κ1) is 16.0. The van der Waals surface area contributed by atoms with E-state index in [0.29, 0.717) is 10.8 Å². The highest BCUT2D eigenvalue weighted by Crippen LogP contribution is 2.42. The summed E-state index contributed by atoms with van der Waals surface area (Å²) in [6.45, 7) is 17.8. The van der Waals surface area contributed by atoms with Gasteiger partial charge in [0.25, 0.3) is 0 Å². The van der Waals surface area contributed by atoms with Gasteiger partial charge >= 0.3 is 0 Å². The van der Waals surface area contributed by atoms with Crippen molar-refractivity contribution in [3.05, 3.63) is 0 Å². The van der Waals surface area contributed by atoms with Gasteiger partial charge in [-0.2, -0.15) is 0 Å². The summed E-state index contributed by atoms with van der Waals surface area (Å²) in [7, 11) is 0. The molecule has 0 aromatic rings. The number of rotatable bonds is 2. The van der Waals surface area contributed by atoms with Crippen LogP contribution in [0.25, 0.3) is 0 Å². The third-order valence-electron chi connectivity index (χ3n) is 3.31. The van der Waals surface area contributed by atoms with Gasteiger partial charge in [-0.1, -0.05) is 48.5 Å². The Morgan fingerprint density at radius 1 is 0.938 bits per heavy atom. The lowest BCUT2D eigenvalue weighted by molar-refractivity contribution is 0.00783. The molecule has 1 aliphatic heterocycles. The van der Waals surface area contributed by atoms with E-state index in [1.54, 1.807) is 0 Å². The predicted molar refractivity (Wildman–Crippen MR) is 72.7 cm³/mol. The first-order valence-electron chi connectivity index (χ1n) is 6.89. The van der Waals surface area contributed by atoms with Crippen molar-refractivity contribution >= 4 is 0 Å². The fraction of sp³-hybridized carbons (Fsp3) is 1.00. The summed E-state index contributed by atoms with van der Waals surface area (Å²) in [6.07, 6.45) is 3.82. The van der Waals surface area contributed by atoms with Gasteiger partial charge in [-0.05, 0) is 36.0 Å². The highest BCUT2D eigenvalue weighted by atomic mass is 16.5. The second-order valence-electron chi connectivity index (χ2n) is 6.61. The maximum atomic E-state index is 5.42. The zero-order valence-corrected chi connectivity index (χ0v) is 12.5. The molecule has 1 rings (SSSR count). The third-order valence-corrected chi connectivity index (χ3v) is 3.31. The van der Waals surface area contributed by atoms with Crippen molar-refractivity contribution in [3.63, 3.8) is 0 Å². The van der Waals surface area contributed by atoms with Gasteiger partial charge in [0, 0.05) is 13.2 Å². The van der Waals surface area contributed by atoms with Gasteiger partial charge < -0.3 is 4.74 Å². The molecule has 98 valence electrons. The van der Waals surface area contributed by atoms with Gasteiger partial charge in [-0.3, -0.25) is 0 Å². The van der Waals surface area contributed by atoms with Crippen LogP contribution in [-0.2, 0) is 4.74 Å². The van der Waals surface area contributed by atoms with E-state index >= 15 is 0 Å². The Labute approximate surface area is 103 Å². The van der Waals surface area contributed by atoms with Crippen molar-refractivity contribution in [2.24, 2.45) is 16.7 Å². The van der Waals surface area contributed by atoms with Crippen LogP contribution in [0.5, 0.6) is 0 Å². The van der Waals surface area contributed by atoms with E-state index in [-0.39, 0.29) is 0 Å². The summed E-state index contributed by atoms with van der Waals surface area (Å²) in [5.74, 6) is 0.857. The van der Waals surface area contributed by atoms with Crippen LogP contribution in [0, 0.1) is 16.7 Å². The minimum Gasteiger partial charge on any atom is -0.381 e. The summed E-state index contributed by atoms with van der Waals surface area (Å²) in [4.78, 5) is 0. The fourth-order valence-electron chi connectivity index (χ4n) is 2.99. The van der Waals surface area contributed by atoms with Crippen LogP contribution in [-0.4, -0.2) is 13.2 Å². The Morgan fingerprint density at radius 3 is 1.75 bits per heavy atom. The van der Waals surface area contributed by atoms with Crippen LogP contribution >= 0.6 is 0 Å². The summed E-state index contributed by atoms with van der Waals surface area (Å²) in [5.41, 5.74) is 0.920. The lowest BCUT2D eigenvalue weighted by atomic mass is 9.67. The monoisotopic (exact) mass is 228 g/mol. The molecule has 1 aliphatic rings. The molecule has 0 aliphatic carbocycles. The van der Waals surface area contributed by atoms with Gasteiger partial charge in [0.05, 0.1) is 0 Å². The van der Waals surface area contributed by atoms with E-state index in [9.17, 15) is 0 Å². The van der Waals surface area contributed by atoms with Gasteiger partial charge in [0.2, 0.25) is 0 Å². The number of hydrogen-bond acceptors (Lipinski definition) is 1. The average Bonchev–Trinajstić information content (AvgIpc) is 2.19. The summed E-state index contributed by atoms with van der Waals surface area (Å²) in [5, 5.41) is 0. The van der Waals surface area contributed by atoms with E-state index in [2.05, 4.69) is 34.6 Å². The first-order chi connectivity index (χ1) is 7.31. The quantitative estimate of drug-likeness (QED) is 0.653. The van der Waals surface area contributed by atoms with Gasteiger partial charge in [0.15, 0.2) is 0 Å². The van der Waals surface area contributed by atoms with Crippen LogP contribution < -0.4 is 0 Å². The van der Waals surface area contributed by atoms with Crippen molar-refractivity contribution < 1.29 is 4.74 Å². The van der Waals surface area contributed by atoms with Crippen molar-refractivity contribution in [1.82, 2.24) is 0 Å². The molecular formula is C15H32O. The third kappa shape index (κ3) is 5.89. The van der Waals surface area contributed by atoms with Gasteiger partial charge in [0.1, 0.15) is 0 Å². The van der Waals surface area contributed by atoms with E-state index in [1.807, 2.05) is 13.8 Å². The van der Waals surface area contributed by atoms with Crippen LogP contribution in [0.1, 0.15) is 67.7 Å². The van der Waals surface area contributed by atoms with Gasteiger partial charge in [-0.25, -0.2) is 0 Å². The molecule has 1 nitrogen and oxygen atoms in total. The van der Waals surface area contributed by atoms with Crippen LogP contribution in [0.2, 0.25) is 0 Å². The van der Waals surface area contributed by atoms with Crippen LogP contribution in [0.4, 0.5) is 0 Å². The normalized spacial score (nSPS) is 18.9. The SMILES string of the molecule is CC.CC(C)(C)CC(C)(C)C1CCOCC1. The highest BCUT2D eigenvalue weighted by molar-refractivity contribution is 4.84. The lowest BCUT2D eigenvalue weighted by Gasteiger charge is -2.41. The molecule has 1 saturated heterocycles. The zero-order valence-electron chi connectivity index (χ0n) is 12.5. The standard InChI is InChI=1S/C13H26O.C2H6/c1-12(2,3)10-13(4,5)11-6-8-14-9-7-11;1-2/h11H,6-10H2,1-5H3;1-2H3. The molecule has 0 saturated carbocycles. The molecular weight excluding hydrogens is 196 g/mol. The highest BCUT2D eigenvalue weighted by Gasteiger charge is 2.34.